The summed E-state index contributed by atoms with van der Waals surface area (Å²) in [6.45, 7) is 0. The van der Waals surface area contributed by atoms with Gasteiger partial charge in [0.15, 0.2) is 5.58 Å². The zero-order valence-electron chi connectivity index (χ0n) is 32.2. The Morgan fingerprint density at radius 1 is 0.339 bits per heavy atom. The van der Waals surface area contributed by atoms with Crippen molar-refractivity contribution < 1.29 is 4.42 Å². The molecule has 0 N–H and O–H groups in total. The average molecular weight is 755 g/mol. The molecule has 0 aliphatic heterocycles. The normalized spacial score (nSPS) is 11.4. The van der Waals surface area contributed by atoms with E-state index in [-0.39, 0.29) is 0 Å². The topological polar surface area (TPSA) is 21.3 Å². The highest BCUT2D eigenvalue weighted by atomic mass is 16.3. The van der Waals surface area contributed by atoms with Gasteiger partial charge < -0.3 is 13.9 Å². The summed E-state index contributed by atoms with van der Waals surface area (Å²) in [5.74, 6) is 0. The third-order valence-corrected chi connectivity index (χ3v) is 11.4. The third-order valence-electron chi connectivity index (χ3n) is 11.4. The minimum Gasteiger partial charge on any atom is -0.453 e. The van der Waals surface area contributed by atoms with Crippen LogP contribution in [0.15, 0.2) is 235 Å². The predicted octanol–water partition coefficient (Wildman–Crippen LogP) is 15.7. The molecule has 278 valence electrons. The van der Waals surface area contributed by atoms with Crippen molar-refractivity contribution in [3.63, 3.8) is 0 Å². The molecule has 3 nitrogen and oxygen atoms in total. The van der Waals surface area contributed by atoms with E-state index in [1.807, 2.05) is 0 Å². The summed E-state index contributed by atoms with van der Waals surface area (Å²) in [5, 5.41) is 2.18. The van der Waals surface area contributed by atoms with Crippen molar-refractivity contribution in [2.24, 2.45) is 0 Å². The Morgan fingerprint density at radius 2 is 0.864 bits per heavy atom. The fourth-order valence-corrected chi connectivity index (χ4v) is 8.62. The lowest BCUT2D eigenvalue weighted by molar-refractivity contribution is 0.674. The van der Waals surface area contributed by atoms with E-state index >= 15 is 0 Å². The van der Waals surface area contributed by atoms with Crippen LogP contribution in [0.3, 0.4) is 0 Å². The monoisotopic (exact) mass is 754 g/mol. The van der Waals surface area contributed by atoms with Crippen LogP contribution in [0.4, 0.5) is 17.1 Å². The molecule has 0 radical (unpaired) electrons. The minimum absolute atomic E-state index is 0.879. The second-order valence-corrected chi connectivity index (χ2v) is 14.9. The summed E-state index contributed by atoms with van der Waals surface area (Å²) in [6, 6.07) is 82.1. The number of para-hydroxylation sites is 4. The summed E-state index contributed by atoms with van der Waals surface area (Å²) in [5.41, 5.74) is 17.6. The van der Waals surface area contributed by atoms with E-state index in [2.05, 4.69) is 240 Å². The Balaban J connectivity index is 1.05. The van der Waals surface area contributed by atoms with E-state index in [0.717, 1.165) is 78.0 Å². The number of hydrogen-bond donors (Lipinski definition) is 0. The van der Waals surface area contributed by atoms with Gasteiger partial charge in [-0.2, -0.15) is 0 Å². The number of anilines is 3. The molecule has 0 atom stereocenters. The predicted molar refractivity (Wildman–Crippen MR) is 247 cm³/mol. The minimum atomic E-state index is 0.879. The molecule has 0 aliphatic rings. The Labute approximate surface area is 343 Å². The van der Waals surface area contributed by atoms with Gasteiger partial charge in [-0.15, -0.1) is 0 Å². The van der Waals surface area contributed by atoms with Gasteiger partial charge in [-0.05, 0) is 94.0 Å². The first kappa shape index (κ1) is 34.4. The van der Waals surface area contributed by atoms with Gasteiger partial charge in [0.1, 0.15) is 11.1 Å². The lowest BCUT2D eigenvalue weighted by Crippen LogP contribution is -2.11. The van der Waals surface area contributed by atoms with Crippen LogP contribution in [0.1, 0.15) is 0 Å². The molecule has 0 saturated heterocycles. The summed E-state index contributed by atoms with van der Waals surface area (Å²) < 4.78 is 9.29. The quantitative estimate of drug-likeness (QED) is 0.154. The van der Waals surface area contributed by atoms with Crippen molar-refractivity contribution in [3.05, 3.63) is 231 Å². The van der Waals surface area contributed by atoms with Crippen LogP contribution in [0.5, 0.6) is 0 Å². The smallest absolute Gasteiger partial charge is 0.161 e. The molecule has 11 rings (SSSR count). The van der Waals surface area contributed by atoms with E-state index in [1.165, 1.54) is 22.3 Å². The highest BCUT2D eigenvalue weighted by Gasteiger charge is 2.22. The average Bonchev–Trinajstić information content (AvgIpc) is 3.86. The van der Waals surface area contributed by atoms with Crippen molar-refractivity contribution >= 4 is 50.0 Å². The van der Waals surface area contributed by atoms with E-state index in [0.29, 0.717) is 0 Å². The van der Waals surface area contributed by atoms with Gasteiger partial charge in [-0.3, -0.25) is 0 Å². The van der Waals surface area contributed by atoms with Crippen molar-refractivity contribution in [2.45, 2.75) is 0 Å². The number of rotatable bonds is 8. The molecule has 0 spiro atoms. The molecule has 59 heavy (non-hydrogen) atoms. The molecule has 2 aromatic heterocycles. The Hall–Kier alpha value is -7.88. The fourth-order valence-electron chi connectivity index (χ4n) is 8.62. The molecule has 2 heterocycles. The van der Waals surface area contributed by atoms with Crippen LogP contribution < -0.4 is 4.90 Å². The summed E-state index contributed by atoms with van der Waals surface area (Å²) >= 11 is 0. The highest BCUT2D eigenvalue weighted by Crippen LogP contribution is 2.45. The highest BCUT2D eigenvalue weighted by molar-refractivity contribution is 6.18. The molecular formula is C56H38N2O. The third kappa shape index (κ3) is 6.08. The van der Waals surface area contributed by atoms with E-state index < -0.39 is 0 Å². The zero-order valence-corrected chi connectivity index (χ0v) is 32.2. The maximum atomic E-state index is 6.95. The molecule has 9 aromatic carbocycles. The SMILES string of the molecule is c1ccc(-c2ccc(-c3ccc(N(c4cccc(-c5cccc6c5oc5c7ccccc7n(-c7ccccc7)c65)c4)c4ccccc4-c4ccccc4)cc3)cc2)cc1. The van der Waals surface area contributed by atoms with Gasteiger partial charge in [0.2, 0.25) is 0 Å². The fraction of sp³-hybridized carbons (Fsp3) is 0. The van der Waals surface area contributed by atoms with Gasteiger partial charge in [-0.25, -0.2) is 0 Å². The van der Waals surface area contributed by atoms with Gasteiger partial charge in [0.25, 0.3) is 0 Å². The molecule has 0 saturated carbocycles. The molecule has 3 heteroatoms. The number of aromatic nitrogens is 1. The molecule has 0 amide bonds. The van der Waals surface area contributed by atoms with E-state index in [4.69, 9.17) is 4.42 Å². The first-order valence-electron chi connectivity index (χ1n) is 20.1. The molecule has 0 aliphatic carbocycles. The first-order chi connectivity index (χ1) is 29.3. The van der Waals surface area contributed by atoms with Gasteiger partial charge in [-0.1, -0.05) is 170 Å². The Morgan fingerprint density at radius 3 is 1.59 bits per heavy atom. The summed E-state index contributed by atoms with van der Waals surface area (Å²) in [7, 11) is 0. The summed E-state index contributed by atoms with van der Waals surface area (Å²) in [6.07, 6.45) is 0. The van der Waals surface area contributed by atoms with E-state index in [1.54, 1.807) is 0 Å². The number of fused-ring (bicyclic) bond motifs is 5. The van der Waals surface area contributed by atoms with Crippen LogP contribution in [-0.4, -0.2) is 4.57 Å². The van der Waals surface area contributed by atoms with Crippen LogP contribution in [-0.2, 0) is 0 Å². The lowest BCUT2D eigenvalue weighted by atomic mass is 9.98. The zero-order chi connectivity index (χ0) is 39.1. The van der Waals surface area contributed by atoms with Gasteiger partial charge in [0.05, 0.1) is 11.2 Å². The molecule has 11 aromatic rings. The van der Waals surface area contributed by atoms with Crippen molar-refractivity contribution in [1.29, 1.82) is 0 Å². The van der Waals surface area contributed by atoms with E-state index in [9.17, 15) is 0 Å². The Kier molecular flexibility index (Phi) is 8.49. The van der Waals surface area contributed by atoms with Crippen LogP contribution in [0.2, 0.25) is 0 Å². The van der Waals surface area contributed by atoms with Crippen LogP contribution in [0.25, 0.3) is 83.2 Å². The second-order valence-electron chi connectivity index (χ2n) is 14.9. The number of furan rings is 1. The molecule has 0 fully saturated rings. The Bertz CT molecular complexity index is 3240. The van der Waals surface area contributed by atoms with Crippen LogP contribution >= 0.6 is 0 Å². The molecule has 0 unspecified atom stereocenters. The van der Waals surface area contributed by atoms with Crippen molar-refractivity contribution in [1.82, 2.24) is 4.57 Å². The first-order valence-corrected chi connectivity index (χ1v) is 20.1. The maximum Gasteiger partial charge on any atom is 0.161 e. The molecular weight excluding hydrogens is 717 g/mol. The molecule has 0 bridgehead atoms. The summed E-state index contributed by atoms with van der Waals surface area (Å²) in [4.78, 5) is 2.38. The van der Waals surface area contributed by atoms with Crippen molar-refractivity contribution in [2.75, 3.05) is 4.90 Å². The number of hydrogen-bond acceptors (Lipinski definition) is 2. The number of nitrogens with zero attached hydrogens (tertiary/aromatic N) is 2. The maximum absolute atomic E-state index is 6.95. The van der Waals surface area contributed by atoms with Gasteiger partial charge >= 0.3 is 0 Å². The lowest BCUT2D eigenvalue weighted by Gasteiger charge is -2.28. The largest absolute Gasteiger partial charge is 0.453 e. The van der Waals surface area contributed by atoms with Gasteiger partial charge in [0, 0.05) is 39.0 Å². The standard InChI is InChI=1S/C56H38N2O/c1-4-16-39(17-5-1)40-30-32-41(33-31-40)42-34-36-46(37-35-42)57(52-28-12-10-24-48(52)43-18-6-2-7-19-43)47-23-14-20-44(38-47)49-26-15-27-51-54-56(59-55(49)51)50-25-11-13-29-53(50)58(54)45-21-8-3-9-22-45/h1-38H. The number of benzene rings is 9. The second kappa shape index (κ2) is 14.6. The van der Waals surface area contributed by atoms with Crippen LogP contribution in [0, 0.1) is 0 Å². The van der Waals surface area contributed by atoms with Crippen molar-refractivity contribution in [3.8, 4) is 50.2 Å².